The molecule has 2 aliphatic heterocycles. The van der Waals surface area contributed by atoms with Crippen molar-refractivity contribution in [1.29, 1.82) is 0 Å². The third-order valence-corrected chi connectivity index (χ3v) is 8.70. The van der Waals surface area contributed by atoms with Gasteiger partial charge in [-0.3, -0.25) is 0 Å². The van der Waals surface area contributed by atoms with Crippen LogP contribution in [-0.2, 0) is 4.74 Å². The first kappa shape index (κ1) is 24.1. The summed E-state index contributed by atoms with van der Waals surface area (Å²) in [5, 5.41) is 1.88. The summed E-state index contributed by atoms with van der Waals surface area (Å²) in [6, 6.07) is 10.1. The Morgan fingerprint density at radius 3 is 2.59 bits per heavy atom. The van der Waals surface area contributed by atoms with Crippen molar-refractivity contribution >= 4 is 41.1 Å². The Morgan fingerprint density at radius 2 is 1.88 bits per heavy atom. The van der Waals surface area contributed by atoms with E-state index in [2.05, 4.69) is 12.1 Å². The average Bonchev–Trinajstić information content (AvgIpc) is 3.40. The highest BCUT2D eigenvalue weighted by Crippen LogP contribution is 2.51. The number of benzene rings is 2. The lowest BCUT2D eigenvalue weighted by Crippen LogP contribution is -2.46. The molecule has 2 unspecified atom stereocenters. The van der Waals surface area contributed by atoms with Crippen molar-refractivity contribution in [3.05, 3.63) is 45.9 Å². The van der Waals surface area contributed by atoms with E-state index in [0.29, 0.717) is 28.4 Å². The molecule has 1 saturated carbocycles. The molecule has 0 radical (unpaired) electrons. The molecule has 1 aliphatic carbocycles. The van der Waals surface area contributed by atoms with Gasteiger partial charge in [-0.25, -0.2) is 4.79 Å². The van der Waals surface area contributed by atoms with Crippen molar-refractivity contribution in [2.75, 3.05) is 13.1 Å². The molecule has 4 nitrogen and oxygen atoms in total. The Labute approximate surface area is 216 Å². The number of thioether (sulfide) groups is 1. The third-order valence-electron chi connectivity index (χ3n) is 6.79. The molecule has 3 aliphatic rings. The van der Waals surface area contributed by atoms with Gasteiger partial charge in [0.15, 0.2) is 0 Å². The largest absolute Gasteiger partial charge is 0.488 e. The topological polar surface area (TPSA) is 38.8 Å². The van der Waals surface area contributed by atoms with Gasteiger partial charge in [0.1, 0.15) is 17.5 Å². The number of fused-ring (bicyclic) bond motifs is 3. The maximum atomic E-state index is 12.8. The molecule has 7 heteroatoms. The van der Waals surface area contributed by atoms with Gasteiger partial charge in [0, 0.05) is 51.9 Å². The van der Waals surface area contributed by atoms with E-state index in [0.717, 1.165) is 23.3 Å². The molecule has 2 aromatic carbocycles. The number of likely N-dealkylation sites (tertiary alicyclic amines) is 1. The minimum absolute atomic E-state index is 0.0764. The number of piperidine rings is 1. The van der Waals surface area contributed by atoms with Crippen LogP contribution in [-0.4, -0.2) is 41.0 Å². The fourth-order valence-corrected chi connectivity index (χ4v) is 7.11. The lowest BCUT2D eigenvalue weighted by atomic mass is 9.88. The zero-order valence-electron chi connectivity index (χ0n) is 19.9. The quantitative estimate of drug-likeness (QED) is 0.409. The highest BCUT2D eigenvalue weighted by molar-refractivity contribution is 8.00. The molecule has 2 aromatic rings. The Hall–Kier alpha value is -1.56. The van der Waals surface area contributed by atoms with Crippen molar-refractivity contribution in [2.45, 2.75) is 80.6 Å². The Balaban J connectivity index is 1.51. The number of carbonyl (C=O) groups is 1. The number of ether oxygens (including phenoxy) is 2. The molecular formula is C27H31Cl2NO3S. The minimum atomic E-state index is -0.512. The second-order valence-electron chi connectivity index (χ2n) is 10.5. The fourth-order valence-electron chi connectivity index (χ4n) is 5.19. The maximum Gasteiger partial charge on any atom is 0.410 e. The lowest BCUT2D eigenvalue weighted by molar-refractivity contribution is 0.0117. The standard InChI is InChI=1S/C27H31Cl2NO3S/c1-27(2,3)33-26(31)30-11-10-23-21(15-30)20-12-16(19-9-8-17(28)14-22(19)29)13-24(25(20)32-23)34-18-6-4-5-7-18/h8-9,12-14,18,21,23H,4-7,10-11,15H2,1-3H3. The first-order valence-corrected chi connectivity index (χ1v) is 13.8. The van der Waals surface area contributed by atoms with Crippen LogP contribution < -0.4 is 4.74 Å². The van der Waals surface area contributed by atoms with Crippen LogP contribution in [0.2, 0.25) is 10.0 Å². The van der Waals surface area contributed by atoms with E-state index in [1.165, 1.54) is 36.1 Å². The van der Waals surface area contributed by atoms with Crippen LogP contribution in [0.5, 0.6) is 5.75 Å². The van der Waals surface area contributed by atoms with Gasteiger partial charge in [-0.1, -0.05) is 42.1 Å². The Bertz CT molecular complexity index is 1090. The zero-order valence-corrected chi connectivity index (χ0v) is 22.2. The predicted molar refractivity (Wildman–Crippen MR) is 140 cm³/mol. The maximum absolute atomic E-state index is 12.8. The van der Waals surface area contributed by atoms with E-state index < -0.39 is 5.60 Å². The number of nitrogens with zero attached hydrogens (tertiary/aromatic N) is 1. The smallest absolute Gasteiger partial charge is 0.410 e. The zero-order chi connectivity index (χ0) is 24.0. The summed E-state index contributed by atoms with van der Waals surface area (Å²) in [7, 11) is 0. The molecule has 1 amide bonds. The Morgan fingerprint density at radius 1 is 1.12 bits per heavy atom. The van der Waals surface area contributed by atoms with E-state index >= 15 is 0 Å². The molecule has 0 bridgehead atoms. The van der Waals surface area contributed by atoms with E-state index in [-0.39, 0.29) is 18.1 Å². The molecule has 2 fully saturated rings. The van der Waals surface area contributed by atoms with Crippen molar-refractivity contribution in [3.63, 3.8) is 0 Å². The summed E-state index contributed by atoms with van der Waals surface area (Å²) in [5.74, 6) is 1.11. The van der Waals surface area contributed by atoms with Crippen LogP contribution in [0.3, 0.4) is 0 Å². The summed E-state index contributed by atoms with van der Waals surface area (Å²) in [5.41, 5.74) is 2.69. The number of hydrogen-bond donors (Lipinski definition) is 0. The van der Waals surface area contributed by atoms with Gasteiger partial charge in [-0.2, -0.15) is 0 Å². The van der Waals surface area contributed by atoms with Crippen LogP contribution >= 0.6 is 35.0 Å². The summed E-state index contributed by atoms with van der Waals surface area (Å²) in [6.45, 7) is 6.95. The van der Waals surface area contributed by atoms with Gasteiger partial charge in [-0.05, 0) is 63.4 Å². The van der Waals surface area contributed by atoms with Crippen LogP contribution in [0.15, 0.2) is 35.2 Å². The molecule has 0 spiro atoms. The summed E-state index contributed by atoms with van der Waals surface area (Å²) >= 11 is 14.7. The molecule has 0 aromatic heterocycles. The van der Waals surface area contributed by atoms with Crippen LogP contribution in [0, 0.1) is 0 Å². The van der Waals surface area contributed by atoms with Crippen molar-refractivity contribution in [3.8, 4) is 16.9 Å². The molecule has 34 heavy (non-hydrogen) atoms. The van der Waals surface area contributed by atoms with E-state index in [9.17, 15) is 4.79 Å². The molecule has 2 heterocycles. The second-order valence-corrected chi connectivity index (χ2v) is 12.7. The van der Waals surface area contributed by atoms with Gasteiger partial charge in [0.2, 0.25) is 0 Å². The summed E-state index contributed by atoms with van der Waals surface area (Å²) in [4.78, 5) is 15.8. The van der Waals surface area contributed by atoms with Gasteiger partial charge in [0.05, 0.1) is 4.90 Å². The number of halogens is 2. The van der Waals surface area contributed by atoms with Gasteiger partial charge >= 0.3 is 6.09 Å². The highest BCUT2D eigenvalue weighted by Gasteiger charge is 2.42. The predicted octanol–water partition coefficient (Wildman–Crippen LogP) is 8.18. The van der Waals surface area contributed by atoms with Crippen molar-refractivity contribution in [1.82, 2.24) is 4.90 Å². The molecule has 182 valence electrons. The molecule has 0 N–H and O–H groups in total. The van der Waals surface area contributed by atoms with Gasteiger partial charge in [0.25, 0.3) is 0 Å². The van der Waals surface area contributed by atoms with E-state index in [4.69, 9.17) is 32.7 Å². The molecular weight excluding hydrogens is 489 g/mol. The van der Waals surface area contributed by atoms with Crippen molar-refractivity contribution < 1.29 is 14.3 Å². The summed E-state index contributed by atoms with van der Waals surface area (Å²) < 4.78 is 12.2. The molecule has 5 rings (SSSR count). The van der Waals surface area contributed by atoms with Crippen LogP contribution in [0.4, 0.5) is 4.79 Å². The normalized spacial score (nSPS) is 22.3. The number of amides is 1. The minimum Gasteiger partial charge on any atom is -0.488 e. The average molecular weight is 521 g/mol. The van der Waals surface area contributed by atoms with Gasteiger partial charge < -0.3 is 14.4 Å². The van der Waals surface area contributed by atoms with E-state index in [1.54, 1.807) is 6.07 Å². The monoisotopic (exact) mass is 519 g/mol. The third kappa shape index (κ3) is 5.03. The number of rotatable bonds is 3. The SMILES string of the molecule is CC(C)(C)OC(=O)N1CCC2Oc3c(SC4CCCC4)cc(-c4ccc(Cl)cc4Cl)cc3C2C1. The van der Waals surface area contributed by atoms with Gasteiger partial charge in [-0.15, -0.1) is 11.8 Å². The van der Waals surface area contributed by atoms with E-state index in [1.807, 2.05) is 49.6 Å². The first-order chi connectivity index (χ1) is 16.2. The summed E-state index contributed by atoms with van der Waals surface area (Å²) in [6.07, 6.45) is 5.68. The van der Waals surface area contributed by atoms with Crippen molar-refractivity contribution in [2.24, 2.45) is 0 Å². The first-order valence-electron chi connectivity index (χ1n) is 12.1. The Kier molecular flexibility index (Phi) is 6.73. The van der Waals surface area contributed by atoms with Crippen LogP contribution in [0.25, 0.3) is 11.1 Å². The van der Waals surface area contributed by atoms with Crippen LogP contribution in [0.1, 0.15) is 64.4 Å². The number of carbonyl (C=O) groups excluding carboxylic acids is 1. The number of hydrogen-bond acceptors (Lipinski definition) is 4. The highest BCUT2D eigenvalue weighted by atomic mass is 35.5. The molecule has 1 saturated heterocycles. The fraction of sp³-hybridized carbons (Fsp3) is 0.519. The molecule has 2 atom stereocenters. The second kappa shape index (κ2) is 9.48. The lowest BCUT2D eigenvalue weighted by Gasteiger charge is -2.35.